The molecule has 1 heterocycles. The Balaban J connectivity index is 2.57. The first-order valence-corrected chi connectivity index (χ1v) is 6.16. The molecule has 6 nitrogen and oxygen atoms in total. The molecule has 2 amide bonds. The molecule has 0 saturated carbocycles. The maximum absolute atomic E-state index is 11.7. The Hall–Kier alpha value is -1.47. The number of nitrogens with two attached hydrogens (primary N) is 2. The monoisotopic (exact) mass is 256 g/mol. The van der Waals surface area contributed by atoms with Gasteiger partial charge in [0.15, 0.2) is 0 Å². The summed E-state index contributed by atoms with van der Waals surface area (Å²) in [5.74, 6) is -0.971. The van der Waals surface area contributed by atoms with Crippen molar-refractivity contribution in [1.29, 1.82) is 0 Å². The van der Waals surface area contributed by atoms with E-state index in [0.29, 0.717) is 6.42 Å². The predicted octanol–water partition coefficient (Wildman–Crippen LogP) is -0.0869. The Morgan fingerprint density at radius 1 is 1.59 bits per heavy atom. The SMILES string of the molecule is CCC(NC(=O)C(N)CC(N)=O)c1nccs1. The van der Waals surface area contributed by atoms with Crippen LogP contribution in [-0.4, -0.2) is 22.8 Å². The maximum Gasteiger partial charge on any atom is 0.238 e. The average Bonchev–Trinajstić information content (AvgIpc) is 2.77. The van der Waals surface area contributed by atoms with Gasteiger partial charge < -0.3 is 16.8 Å². The third kappa shape index (κ3) is 4.12. The molecule has 0 aliphatic rings. The zero-order chi connectivity index (χ0) is 12.8. The van der Waals surface area contributed by atoms with Gasteiger partial charge in [-0.15, -0.1) is 11.3 Å². The predicted molar refractivity (Wildman–Crippen MR) is 65.1 cm³/mol. The molecule has 5 N–H and O–H groups in total. The van der Waals surface area contributed by atoms with Crippen LogP contribution in [0.1, 0.15) is 30.8 Å². The minimum atomic E-state index is -0.901. The summed E-state index contributed by atoms with van der Waals surface area (Å²) in [6, 6.07) is -1.07. The van der Waals surface area contributed by atoms with Crippen molar-refractivity contribution in [2.75, 3.05) is 0 Å². The van der Waals surface area contributed by atoms with Crippen molar-refractivity contribution >= 4 is 23.2 Å². The molecular formula is C10H16N4O2S. The second-order valence-corrected chi connectivity index (χ2v) is 4.54. The number of nitrogens with zero attached hydrogens (tertiary/aromatic N) is 1. The van der Waals surface area contributed by atoms with E-state index in [1.165, 1.54) is 11.3 Å². The summed E-state index contributed by atoms with van der Waals surface area (Å²) in [6.45, 7) is 1.94. The van der Waals surface area contributed by atoms with E-state index in [0.717, 1.165) is 5.01 Å². The highest BCUT2D eigenvalue weighted by atomic mass is 32.1. The Kier molecular flexibility index (Phi) is 5.05. The van der Waals surface area contributed by atoms with Crippen molar-refractivity contribution in [3.05, 3.63) is 16.6 Å². The standard InChI is InChI=1S/C10H16N4O2S/c1-2-7(10-13-3-4-17-10)14-9(16)6(11)5-8(12)15/h3-4,6-7H,2,5,11H2,1H3,(H2,12,15)(H,14,16). The zero-order valence-electron chi connectivity index (χ0n) is 9.55. The van der Waals surface area contributed by atoms with Crippen LogP contribution in [0.25, 0.3) is 0 Å². The number of carbonyl (C=O) groups is 2. The summed E-state index contributed by atoms with van der Waals surface area (Å²) in [4.78, 5) is 26.5. The number of thiazole rings is 1. The highest BCUT2D eigenvalue weighted by Crippen LogP contribution is 2.18. The minimum absolute atomic E-state index is 0.153. The van der Waals surface area contributed by atoms with Crippen LogP contribution in [0.2, 0.25) is 0 Å². The van der Waals surface area contributed by atoms with Crippen LogP contribution in [0.15, 0.2) is 11.6 Å². The number of nitrogens with one attached hydrogen (secondary N) is 1. The third-order valence-electron chi connectivity index (χ3n) is 2.23. The van der Waals surface area contributed by atoms with Crippen LogP contribution in [0.5, 0.6) is 0 Å². The van der Waals surface area contributed by atoms with Crippen molar-refractivity contribution in [2.45, 2.75) is 31.8 Å². The van der Waals surface area contributed by atoms with E-state index in [2.05, 4.69) is 10.3 Å². The van der Waals surface area contributed by atoms with E-state index in [1.54, 1.807) is 6.20 Å². The normalized spacial score (nSPS) is 14.0. The van der Waals surface area contributed by atoms with Crippen LogP contribution in [-0.2, 0) is 9.59 Å². The summed E-state index contributed by atoms with van der Waals surface area (Å²) in [5, 5.41) is 5.42. The van der Waals surface area contributed by atoms with Crippen molar-refractivity contribution in [1.82, 2.24) is 10.3 Å². The molecule has 17 heavy (non-hydrogen) atoms. The number of rotatable bonds is 6. The van der Waals surface area contributed by atoms with E-state index in [4.69, 9.17) is 11.5 Å². The van der Waals surface area contributed by atoms with Gasteiger partial charge in [0.2, 0.25) is 11.8 Å². The number of aromatic nitrogens is 1. The maximum atomic E-state index is 11.7. The Morgan fingerprint density at radius 3 is 2.76 bits per heavy atom. The van der Waals surface area contributed by atoms with Crippen LogP contribution < -0.4 is 16.8 Å². The van der Waals surface area contributed by atoms with Crippen molar-refractivity contribution in [3.8, 4) is 0 Å². The van der Waals surface area contributed by atoms with Gasteiger partial charge >= 0.3 is 0 Å². The van der Waals surface area contributed by atoms with Crippen LogP contribution in [0.3, 0.4) is 0 Å². The molecule has 1 aromatic rings. The second-order valence-electron chi connectivity index (χ2n) is 3.62. The van der Waals surface area contributed by atoms with Gasteiger partial charge in [-0.2, -0.15) is 0 Å². The van der Waals surface area contributed by atoms with Crippen LogP contribution >= 0.6 is 11.3 Å². The van der Waals surface area contributed by atoms with Gasteiger partial charge in [-0.1, -0.05) is 6.92 Å². The molecule has 0 aliphatic carbocycles. The molecular weight excluding hydrogens is 240 g/mol. The Labute approximate surface area is 103 Å². The van der Waals surface area contributed by atoms with E-state index in [-0.39, 0.29) is 18.4 Å². The summed E-state index contributed by atoms with van der Waals surface area (Å²) in [7, 11) is 0. The average molecular weight is 256 g/mol. The lowest BCUT2D eigenvalue weighted by Gasteiger charge is -2.17. The molecule has 0 aliphatic heterocycles. The molecule has 0 bridgehead atoms. The van der Waals surface area contributed by atoms with Gasteiger partial charge in [0.05, 0.1) is 18.5 Å². The lowest BCUT2D eigenvalue weighted by molar-refractivity contribution is -0.126. The van der Waals surface area contributed by atoms with E-state index in [9.17, 15) is 9.59 Å². The molecule has 7 heteroatoms. The van der Waals surface area contributed by atoms with Gasteiger partial charge in [-0.05, 0) is 6.42 Å². The second kappa shape index (κ2) is 6.31. The highest BCUT2D eigenvalue weighted by Gasteiger charge is 2.20. The van der Waals surface area contributed by atoms with Crippen LogP contribution in [0.4, 0.5) is 0 Å². The van der Waals surface area contributed by atoms with Gasteiger partial charge in [0, 0.05) is 11.6 Å². The lowest BCUT2D eigenvalue weighted by Crippen LogP contribution is -2.44. The molecule has 94 valence electrons. The quantitative estimate of drug-likeness (QED) is 0.660. The molecule has 0 aromatic carbocycles. The number of carbonyl (C=O) groups excluding carboxylic acids is 2. The van der Waals surface area contributed by atoms with Gasteiger partial charge in [0.1, 0.15) is 5.01 Å². The van der Waals surface area contributed by atoms with E-state index in [1.807, 2.05) is 12.3 Å². The molecule has 0 spiro atoms. The fraction of sp³-hybridized carbons (Fsp3) is 0.500. The summed E-state index contributed by atoms with van der Waals surface area (Å²) < 4.78 is 0. The van der Waals surface area contributed by atoms with Gasteiger partial charge in [-0.25, -0.2) is 4.98 Å². The molecule has 0 radical (unpaired) electrons. The fourth-order valence-electron chi connectivity index (χ4n) is 1.33. The summed E-state index contributed by atoms with van der Waals surface area (Å²) >= 11 is 1.46. The fourth-order valence-corrected chi connectivity index (χ4v) is 2.11. The molecule has 2 unspecified atom stereocenters. The van der Waals surface area contributed by atoms with E-state index < -0.39 is 11.9 Å². The van der Waals surface area contributed by atoms with Crippen LogP contribution in [0, 0.1) is 0 Å². The Bertz CT molecular complexity index is 380. The molecule has 2 atom stereocenters. The largest absolute Gasteiger partial charge is 0.370 e. The zero-order valence-corrected chi connectivity index (χ0v) is 10.4. The number of hydrogen-bond donors (Lipinski definition) is 3. The molecule has 1 aromatic heterocycles. The first-order chi connectivity index (χ1) is 8.04. The van der Waals surface area contributed by atoms with Gasteiger partial charge in [-0.3, -0.25) is 9.59 Å². The molecule has 0 fully saturated rings. The first-order valence-electron chi connectivity index (χ1n) is 5.28. The minimum Gasteiger partial charge on any atom is -0.370 e. The van der Waals surface area contributed by atoms with Crippen molar-refractivity contribution < 1.29 is 9.59 Å². The van der Waals surface area contributed by atoms with Crippen molar-refractivity contribution in [2.24, 2.45) is 11.5 Å². The lowest BCUT2D eigenvalue weighted by atomic mass is 10.1. The molecule has 0 saturated heterocycles. The topological polar surface area (TPSA) is 111 Å². The number of amides is 2. The van der Waals surface area contributed by atoms with Gasteiger partial charge in [0.25, 0.3) is 0 Å². The Morgan fingerprint density at radius 2 is 2.29 bits per heavy atom. The highest BCUT2D eigenvalue weighted by molar-refractivity contribution is 7.09. The summed E-state index contributed by atoms with van der Waals surface area (Å²) in [5.41, 5.74) is 10.5. The number of primary amides is 1. The molecule has 1 rings (SSSR count). The number of hydrogen-bond acceptors (Lipinski definition) is 5. The smallest absolute Gasteiger partial charge is 0.238 e. The van der Waals surface area contributed by atoms with Crippen molar-refractivity contribution in [3.63, 3.8) is 0 Å². The summed E-state index contributed by atoms with van der Waals surface area (Å²) in [6.07, 6.45) is 2.24. The first kappa shape index (κ1) is 13.6. The van der Waals surface area contributed by atoms with E-state index >= 15 is 0 Å². The third-order valence-corrected chi connectivity index (χ3v) is 3.12.